The third-order valence-corrected chi connectivity index (χ3v) is 2.93. The van der Waals surface area contributed by atoms with E-state index in [2.05, 4.69) is 0 Å². The molecular weight excluding hydrogens is 271 g/mol. The zero-order chi connectivity index (χ0) is 14.8. The van der Waals surface area contributed by atoms with E-state index in [0.717, 1.165) is 4.90 Å². The lowest BCUT2D eigenvalue weighted by Gasteiger charge is -2.23. The Bertz CT molecular complexity index is 395. The number of carbonyl (C=O) groups is 3. The zero-order valence-corrected chi connectivity index (χ0v) is 9.68. The van der Waals surface area contributed by atoms with Gasteiger partial charge >= 0.3 is 18.1 Å². The van der Waals surface area contributed by atoms with Gasteiger partial charge in [-0.05, 0) is 12.8 Å². The first-order valence-electron chi connectivity index (χ1n) is 5.46. The summed E-state index contributed by atoms with van der Waals surface area (Å²) in [6, 6.07) is -1.17. The second-order valence-corrected chi connectivity index (χ2v) is 4.22. The summed E-state index contributed by atoms with van der Waals surface area (Å²) in [4.78, 5) is 33.7. The second-order valence-electron chi connectivity index (χ2n) is 4.22. The number of likely N-dealkylation sites (tertiary alicyclic amines) is 1. The van der Waals surface area contributed by atoms with Gasteiger partial charge in [0.05, 0.1) is 0 Å². The maximum absolute atomic E-state index is 12.4. The summed E-state index contributed by atoms with van der Waals surface area (Å²) in [6.07, 6.45) is -5.79. The first-order valence-corrected chi connectivity index (χ1v) is 5.46. The van der Waals surface area contributed by atoms with Crippen molar-refractivity contribution in [3.8, 4) is 0 Å². The molecule has 0 radical (unpaired) electrons. The van der Waals surface area contributed by atoms with Gasteiger partial charge in [-0.15, -0.1) is 0 Å². The molecule has 0 bridgehead atoms. The van der Waals surface area contributed by atoms with Crippen LogP contribution in [0.15, 0.2) is 0 Å². The second kappa shape index (κ2) is 5.45. The molecule has 0 spiro atoms. The van der Waals surface area contributed by atoms with Gasteiger partial charge in [0.15, 0.2) is 5.92 Å². The average molecular weight is 283 g/mol. The molecule has 1 amide bonds. The van der Waals surface area contributed by atoms with E-state index in [4.69, 9.17) is 10.2 Å². The molecule has 1 heterocycles. The number of carbonyl (C=O) groups excluding carboxylic acids is 1. The predicted molar refractivity (Wildman–Crippen MR) is 54.2 cm³/mol. The van der Waals surface area contributed by atoms with Crippen LogP contribution in [0.1, 0.15) is 19.3 Å². The summed E-state index contributed by atoms with van der Waals surface area (Å²) in [5.74, 6) is -7.36. The molecule has 1 fully saturated rings. The Labute approximate surface area is 105 Å². The number of carboxylic acid groups (broad SMARTS) is 2. The van der Waals surface area contributed by atoms with Gasteiger partial charge in [-0.2, -0.15) is 13.2 Å². The largest absolute Gasteiger partial charge is 0.481 e. The van der Waals surface area contributed by atoms with Crippen molar-refractivity contribution in [1.82, 2.24) is 4.90 Å². The number of hydrogen-bond acceptors (Lipinski definition) is 3. The van der Waals surface area contributed by atoms with Gasteiger partial charge in [-0.1, -0.05) is 0 Å². The van der Waals surface area contributed by atoms with Crippen LogP contribution in [0.2, 0.25) is 0 Å². The SMILES string of the molecule is O=C(O)C(CC(=O)N1CCC[C@H]1C(=O)O)C(F)(F)F. The lowest BCUT2D eigenvalue weighted by atomic mass is 10.0. The Morgan fingerprint density at radius 3 is 2.26 bits per heavy atom. The van der Waals surface area contributed by atoms with Crippen LogP contribution < -0.4 is 0 Å². The number of rotatable bonds is 4. The highest BCUT2D eigenvalue weighted by molar-refractivity contribution is 5.87. The molecule has 1 rings (SSSR count). The van der Waals surface area contributed by atoms with Crippen LogP contribution >= 0.6 is 0 Å². The van der Waals surface area contributed by atoms with Gasteiger partial charge in [0.1, 0.15) is 6.04 Å². The topological polar surface area (TPSA) is 94.9 Å². The summed E-state index contributed by atoms with van der Waals surface area (Å²) in [7, 11) is 0. The number of halogens is 3. The quantitative estimate of drug-likeness (QED) is 0.792. The number of nitrogens with zero attached hydrogens (tertiary/aromatic N) is 1. The van der Waals surface area contributed by atoms with Crippen LogP contribution in [-0.4, -0.2) is 51.7 Å². The van der Waals surface area contributed by atoms with Crippen LogP contribution in [0.4, 0.5) is 13.2 Å². The summed E-state index contributed by atoms with van der Waals surface area (Å²) in [5, 5.41) is 17.3. The molecule has 0 aromatic rings. The molecule has 1 aliphatic heterocycles. The molecule has 19 heavy (non-hydrogen) atoms. The maximum Gasteiger partial charge on any atom is 0.402 e. The minimum absolute atomic E-state index is 0.0278. The molecule has 2 N–H and O–H groups in total. The highest BCUT2D eigenvalue weighted by Crippen LogP contribution is 2.30. The van der Waals surface area contributed by atoms with Crippen molar-refractivity contribution < 1.29 is 37.8 Å². The molecular formula is C10H12F3NO5. The zero-order valence-electron chi connectivity index (χ0n) is 9.68. The van der Waals surface area contributed by atoms with Crippen molar-refractivity contribution in [3.63, 3.8) is 0 Å². The minimum atomic E-state index is -5.04. The van der Waals surface area contributed by atoms with Crippen LogP contribution in [0, 0.1) is 5.92 Å². The highest BCUT2D eigenvalue weighted by atomic mass is 19.4. The van der Waals surface area contributed by atoms with Gasteiger partial charge in [-0.3, -0.25) is 9.59 Å². The number of amides is 1. The lowest BCUT2D eigenvalue weighted by molar-refractivity contribution is -0.197. The highest BCUT2D eigenvalue weighted by Gasteiger charge is 2.47. The molecule has 9 heteroatoms. The van der Waals surface area contributed by atoms with Gasteiger partial charge in [0.25, 0.3) is 0 Å². The smallest absolute Gasteiger partial charge is 0.402 e. The Morgan fingerprint density at radius 2 is 1.84 bits per heavy atom. The number of hydrogen-bond donors (Lipinski definition) is 2. The van der Waals surface area contributed by atoms with Crippen molar-refractivity contribution in [3.05, 3.63) is 0 Å². The number of alkyl halides is 3. The first kappa shape index (κ1) is 15.3. The third-order valence-electron chi connectivity index (χ3n) is 2.93. The molecule has 0 aromatic carbocycles. The molecule has 108 valence electrons. The number of aliphatic carboxylic acids is 2. The molecule has 6 nitrogen and oxygen atoms in total. The standard InChI is InChI=1S/C10H12F3NO5/c11-10(12,13)5(8(16)17)4-7(15)14-3-1-2-6(14)9(18)19/h5-6H,1-4H2,(H,16,17)(H,18,19)/t5?,6-/m0/s1. The van der Waals surface area contributed by atoms with Crippen LogP contribution in [0.25, 0.3) is 0 Å². The maximum atomic E-state index is 12.4. The van der Waals surface area contributed by atoms with Crippen molar-refractivity contribution in [1.29, 1.82) is 0 Å². The van der Waals surface area contributed by atoms with Crippen molar-refractivity contribution in [2.75, 3.05) is 6.54 Å². The fourth-order valence-corrected chi connectivity index (χ4v) is 1.96. The van der Waals surface area contributed by atoms with E-state index in [0.29, 0.717) is 6.42 Å². The fraction of sp³-hybridized carbons (Fsp3) is 0.700. The van der Waals surface area contributed by atoms with Crippen LogP contribution in [0.5, 0.6) is 0 Å². The summed E-state index contributed by atoms with van der Waals surface area (Å²) >= 11 is 0. The molecule has 1 unspecified atom stereocenters. The van der Waals surface area contributed by atoms with E-state index in [-0.39, 0.29) is 13.0 Å². The first-order chi connectivity index (χ1) is 8.64. The van der Waals surface area contributed by atoms with Crippen molar-refractivity contribution in [2.24, 2.45) is 5.92 Å². The lowest BCUT2D eigenvalue weighted by Crippen LogP contribution is -2.43. The Morgan fingerprint density at radius 1 is 1.26 bits per heavy atom. The van der Waals surface area contributed by atoms with E-state index in [1.165, 1.54) is 0 Å². The summed E-state index contributed by atoms with van der Waals surface area (Å²) in [6.45, 7) is 0.0278. The molecule has 0 saturated carbocycles. The van der Waals surface area contributed by atoms with Gasteiger partial charge < -0.3 is 15.1 Å². The third kappa shape index (κ3) is 3.58. The molecule has 1 aliphatic rings. The van der Waals surface area contributed by atoms with Crippen LogP contribution in [0.3, 0.4) is 0 Å². The molecule has 1 saturated heterocycles. The molecule has 2 atom stereocenters. The van der Waals surface area contributed by atoms with E-state index in [1.807, 2.05) is 0 Å². The minimum Gasteiger partial charge on any atom is -0.481 e. The van der Waals surface area contributed by atoms with Crippen molar-refractivity contribution >= 4 is 17.8 Å². The van der Waals surface area contributed by atoms with E-state index in [9.17, 15) is 27.6 Å². The Kier molecular flexibility index (Phi) is 4.38. The predicted octanol–water partition coefficient (Wildman–Crippen LogP) is 0.715. The average Bonchev–Trinajstić information content (AvgIpc) is 2.72. The van der Waals surface area contributed by atoms with Gasteiger partial charge in [-0.25, -0.2) is 4.79 Å². The summed E-state index contributed by atoms with van der Waals surface area (Å²) < 4.78 is 37.2. The molecule has 0 aliphatic carbocycles. The van der Waals surface area contributed by atoms with E-state index in [1.54, 1.807) is 0 Å². The summed E-state index contributed by atoms with van der Waals surface area (Å²) in [5.41, 5.74) is 0. The fourth-order valence-electron chi connectivity index (χ4n) is 1.96. The molecule has 0 aromatic heterocycles. The monoisotopic (exact) mass is 283 g/mol. The van der Waals surface area contributed by atoms with E-state index < -0.39 is 42.4 Å². The Balaban J connectivity index is 2.78. The van der Waals surface area contributed by atoms with Gasteiger partial charge in [0.2, 0.25) is 5.91 Å². The van der Waals surface area contributed by atoms with Gasteiger partial charge in [0, 0.05) is 13.0 Å². The Hall–Kier alpha value is -1.80. The normalized spacial score (nSPS) is 21.2. The van der Waals surface area contributed by atoms with Crippen LogP contribution in [-0.2, 0) is 14.4 Å². The van der Waals surface area contributed by atoms with E-state index >= 15 is 0 Å². The number of carboxylic acids is 2. The van der Waals surface area contributed by atoms with Crippen molar-refractivity contribution in [2.45, 2.75) is 31.5 Å².